The van der Waals surface area contributed by atoms with Crippen molar-refractivity contribution in [2.45, 2.75) is 11.3 Å². The maximum absolute atomic E-state index is 11.5. The number of anilines is 1. The summed E-state index contributed by atoms with van der Waals surface area (Å²) in [5.74, 6) is -0.238. The third-order valence-electron chi connectivity index (χ3n) is 2.11. The topological polar surface area (TPSA) is 49.4 Å². The molecule has 1 radical (unpaired) electrons. The Hall–Kier alpha value is -0.867. The molecule has 1 aliphatic heterocycles. The van der Waals surface area contributed by atoms with Crippen molar-refractivity contribution in [1.29, 1.82) is 0 Å². The molecule has 0 aliphatic carbocycles. The maximum atomic E-state index is 11.5. The van der Waals surface area contributed by atoms with Crippen LogP contribution in [0.15, 0.2) is 23.1 Å². The number of hydrogen-bond donors (Lipinski definition) is 2. The van der Waals surface area contributed by atoms with E-state index in [1.807, 2.05) is 0 Å². The molecule has 85 valence electrons. The number of carbonyl (C=O) groups excluding carboxylic acids is 2. The number of urea groups is 1. The molecule has 1 aromatic carbocycles. The fourth-order valence-corrected chi connectivity index (χ4v) is 1.59. The van der Waals surface area contributed by atoms with Crippen LogP contribution in [-0.2, 0) is 24.3 Å². The van der Waals surface area contributed by atoms with E-state index in [1.165, 1.54) is 4.90 Å². The summed E-state index contributed by atoms with van der Waals surface area (Å²) in [6.45, 7) is 0.387. The van der Waals surface area contributed by atoms with E-state index in [1.54, 1.807) is 18.2 Å². The molecule has 6 heteroatoms. The third-order valence-corrected chi connectivity index (χ3v) is 2.39. The van der Waals surface area contributed by atoms with Gasteiger partial charge in [0.25, 0.3) is 0 Å². The van der Waals surface area contributed by atoms with E-state index in [4.69, 9.17) is 0 Å². The summed E-state index contributed by atoms with van der Waals surface area (Å²) in [6.07, 6.45) is 0.316. The van der Waals surface area contributed by atoms with Gasteiger partial charge >= 0.3 is 25.5 Å². The molecule has 1 saturated heterocycles. The molecule has 0 bridgehead atoms. The first kappa shape index (κ1) is 13.2. The standard InChI is InChI=1S/C10H9N2O2S.Ru/c13-9-4-5-12(10(14)11-9)7-2-1-3-8(15)6-7;/h1,3,6,15H,4-5H2,(H,11,13,14);/q-1;+1. The quantitative estimate of drug-likeness (QED) is 0.464. The first-order chi connectivity index (χ1) is 7.16. The van der Waals surface area contributed by atoms with E-state index in [-0.39, 0.29) is 25.4 Å². The number of benzene rings is 1. The smallest absolute Gasteiger partial charge is 0.317 e. The second-order valence-electron chi connectivity index (χ2n) is 3.19. The van der Waals surface area contributed by atoms with Crippen LogP contribution in [0.1, 0.15) is 6.42 Å². The van der Waals surface area contributed by atoms with Gasteiger partial charge in [-0.25, -0.2) is 4.79 Å². The Labute approximate surface area is 112 Å². The van der Waals surface area contributed by atoms with Gasteiger partial charge in [0.05, 0.1) is 0 Å². The van der Waals surface area contributed by atoms with Crippen LogP contribution < -0.4 is 10.2 Å². The van der Waals surface area contributed by atoms with Crippen LogP contribution in [0.5, 0.6) is 0 Å². The summed E-state index contributed by atoms with van der Waals surface area (Å²) < 4.78 is 0. The van der Waals surface area contributed by atoms with Crippen molar-refractivity contribution in [2.24, 2.45) is 0 Å². The van der Waals surface area contributed by atoms with Gasteiger partial charge in [0.2, 0.25) is 5.91 Å². The van der Waals surface area contributed by atoms with Crippen LogP contribution in [0, 0.1) is 6.07 Å². The number of carbonyl (C=O) groups is 2. The minimum atomic E-state index is -0.401. The van der Waals surface area contributed by atoms with Crippen molar-refractivity contribution in [3.8, 4) is 0 Å². The largest absolute Gasteiger partial charge is 1.00 e. The molecule has 1 heterocycles. The Morgan fingerprint density at radius 1 is 1.44 bits per heavy atom. The second kappa shape index (κ2) is 5.46. The predicted molar refractivity (Wildman–Crippen MR) is 58.0 cm³/mol. The number of amides is 3. The van der Waals surface area contributed by atoms with Crippen LogP contribution in [-0.4, -0.2) is 18.5 Å². The van der Waals surface area contributed by atoms with E-state index in [2.05, 4.69) is 24.0 Å². The van der Waals surface area contributed by atoms with Crippen LogP contribution in [0.3, 0.4) is 0 Å². The van der Waals surface area contributed by atoms with Gasteiger partial charge in [-0.3, -0.25) is 10.1 Å². The average molecular weight is 322 g/mol. The number of rotatable bonds is 1. The summed E-state index contributed by atoms with van der Waals surface area (Å²) in [5.41, 5.74) is 0.632. The summed E-state index contributed by atoms with van der Waals surface area (Å²) in [5, 5.41) is 2.25. The molecular weight excluding hydrogens is 313 g/mol. The number of nitrogens with zero attached hydrogens (tertiary/aromatic N) is 1. The van der Waals surface area contributed by atoms with Gasteiger partial charge in [-0.2, -0.15) is 30.8 Å². The molecular formula is C10H9N2O2RuS. The van der Waals surface area contributed by atoms with E-state index in [0.29, 0.717) is 18.7 Å². The molecule has 0 atom stereocenters. The number of thiol groups is 1. The van der Waals surface area contributed by atoms with Crippen molar-refractivity contribution in [1.82, 2.24) is 5.32 Å². The molecule has 0 saturated carbocycles. The summed E-state index contributed by atoms with van der Waals surface area (Å²) in [6, 6.07) is 7.74. The molecule has 16 heavy (non-hydrogen) atoms. The normalized spacial score (nSPS) is 15.4. The van der Waals surface area contributed by atoms with Crippen molar-refractivity contribution in [2.75, 3.05) is 11.4 Å². The first-order valence-electron chi connectivity index (χ1n) is 4.49. The van der Waals surface area contributed by atoms with E-state index in [0.717, 1.165) is 4.90 Å². The van der Waals surface area contributed by atoms with Crippen LogP contribution in [0.4, 0.5) is 10.5 Å². The van der Waals surface area contributed by atoms with Gasteiger partial charge in [-0.1, -0.05) is 5.69 Å². The zero-order chi connectivity index (χ0) is 10.8. The second-order valence-corrected chi connectivity index (χ2v) is 3.70. The van der Waals surface area contributed by atoms with Crippen LogP contribution in [0.2, 0.25) is 0 Å². The molecule has 0 unspecified atom stereocenters. The van der Waals surface area contributed by atoms with Crippen molar-refractivity contribution in [3.05, 3.63) is 24.3 Å². The van der Waals surface area contributed by atoms with Crippen LogP contribution in [0.25, 0.3) is 0 Å². The summed E-state index contributed by atoms with van der Waals surface area (Å²) in [7, 11) is 0. The zero-order valence-electron chi connectivity index (χ0n) is 8.21. The number of hydrogen-bond acceptors (Lipinski definition) is 3. The molecule has 4 nitrogen and oxygen atoms in total. The number of imide groups is 1. The minimum absolute atomic E-state index is 0. The molecule has 1 aromatic rings. The Balaban J connectivity index is 0.00000128. The van der Waals surface area contributed by atoms with Gasteiger partial charge in [0.1, 0.15) is 0 Å². The van der Waals surface area contributed by atoms with E-state index >= 15 is 0 Å². The Morgan fingerprint density at radius 2 is 2.19 bits per heavy atom. The van der Waals surface area contributed by atoms with E-state index < -0.39 is 6.03 Å². The SMILES string of the molecule is O=C1CCN(c2[c-]ccc(S)c2)C(=O)N1.[Ru+]. The van der Waals surface area contributed by atoms with Crippen molar-refractivity contribution in [3.63, 3.8) is 0 Å². The van der Waals surface area contributed by atoms with Crippen molar-refractivity contribution >= 4 is 30.3 Å². The Morgan fingerprint density at radius 3 is 2.81 bits per heavy atom. The Bertz CT molecular complexity index is 425. The van der Waals surface area contributed by atoms with Crippen molar-refractivity contribution < 1.29 is 29.1 Å². The molecule has 1 N–H and O–H groups in total. The average Bonchev–Trinajstić information content (AvgIpc) is 2.17. The van der Waals surface area contributed by atoms with Crippen LogP contribution >= 0.6 is 12.6 Å². The minimum Gasteiger partial charge on any atom is -0.317 e. The predicted octanol–water partition coefficient (Wildman–Crippen LogP) is 1.22. The maximum Gasteiger partial charge on any atom is 1.00 e. The Kier molecular flexibility index (Phi) is 4.50. The molecule has 3 amide bonds. The van der Waals surface area contributed by atoms with E-state index in [9.17, 15) is 9.59 Å². The van der Waals surface area contributed by atoms with Gasteiger partial charge in [-0.05, 0) is 0 Å². The van der Waals surface area contributed by atoms with Gasteiger partial charge in [-0.15, -0.1) is 11.0 Å². The molecule has 0 spiro atoms. The fraction of sp³-hybridized carbons (Fsp3) is 0.200. The summed E-state index contributed by atoms with van der Waals surface area (Å²) in [4.78, 5) is 24.6. The first-order valence-corrected chi connectivity index (χ1v) is 4.93. The van der Waals surface area contributed by atoms with Gasteiger partial charge in [0.15, 0.2) is 0 Å². The molecule has 0 aromatic heterocycles. The molecule has 1 aliphatic rings. The summed E-state index contributed by atoms with van der Waals surface area (Å²) >= 11 is 4.18. The molecule has 2 rings (SSSR count). The third kappa shape index (κ3) is 2.83. The monoisotopic (exact) mass is 323 g/mol. The zero-order valence-corrected chi connectivity index (χ0v) is 10.8. The van der Waals surface area contributed by atoms with Gasteiger partial charge in [0, 0.05) is 13.0 Å². The fourth-order valence-electron chi connectivity index (χ4n) is 1.39. The number of nitrogens with one attached hydrogen (secondary N) is 1. The molecule has 1 fully saturated rings. The van der Waals surface area contributed by atoms with Gasteiger partial charge < -0.3 is 4.90 Å².